The molecule has 3 heterocycles. The quantitative estimate of drug-likeness (QED) is 0.0499. The first-order chi connectivity index (χ1) is 27.9. The molecule has 0 unspecified atom stereocenters. The van der Waals surface area contributed by atoms with Gasteiger partial charge in [-0.15, -0.1) is 0 Å². The number of hydrogen-bond donors (Lipinski definition) is 5. The third kappa shape index (κ3) is 14.2. The van der Waals surface area contributed by atoms with Crippen LogP contribution in [0.2, 0.25) is 0 Å². The van der Waals surface area contributed by atoms with E-state index in [4.69, 9.17) is 4.74 Å². The molecule has 0 atom stereocenters. The highest BCUT2D eigenvalue weighted by Gasteiger charge is 2.18. The van der Waals surface area contributed by atoms with Gasteiger partial charge in [-0.3, -0.25) is 19.2 Å². The highest BCUT2D eigenvalue weighted by molar-refractivity contribution is 5.95. The summed E-state index contributed by atoms with van der Waals surface area (Å²) in [6.07, 6.45) is 7.46. The molecular weight excluding hydrogens is 735 g/mol. The number of H-pyrrole nitrogens is 3. The minimum absolute atomic E-state index is 0.0636. The number of imidazole rings is 2. The zero-order valence-electron chi connectivity index (χ0n) is 36.2. The third-order valence-corrected chi connectivity index (χ3v) is 8.22. The summed E-state index contributed by atoms with van der Waals surface area (Å²) in [7, 11) is 1.49. The summed E-state index contributed by atoms with van der Waals surface area (Å²) in [5.74, 6) is 1.02. The number of rotatable bonds is 16. The van der Waals surface area contributed by atoms with Gasteiger partial charge >= 0.3 is 0 Å². The number of amides is 3. The molecule has 0 fully saturated rings. The van der Waals surface area contributed by atoms with Crippen LogP contribution < -0.4 is 16.1 Å². The van der Waals surface area contributed by atoms with Crippen molar-refractivity contribution in [2.75, 3.05) is 33.3 Å². The molecule has 5 rings (SSSR count). The molecule has 0 radical (unpaired) electrons. The van der Waals surface area contributed by atoms with Crippen LogP contribution in [0.25, 0.3) is 44.3 Å². The average Bonchev–Trinajstić information content (AvgIpc) is 3.90. The Balaban J connectivity index is 0.00000135. The second-order valence-electron chi connectivity index (χ2n) is 13.4. The molecule has 2 aromatic carbocycles. The number of benzene rings is 2. The Morgan fingerprint density at radius 2 is 1.19 bits per heavy atom. The van der Waals surface area contributed by atoms with Gasteiger partial charge in [-0.2, -0.15) is 0 Å². The first kappa shape index (κ1) is 48.2. The van der Waals surface area contributed by atoms with E-state index < -0.39 is 0 Å². The van der Waals surface area contributed by atoms with Crippen LogP contribution in [0.1, 0.15) is 99.6 Å². The number of methoxy groups -OCH3 is 1. The summed E-state index contributed by atoms with van der Waals surface area (Å²) >= 11 is 0. The maximum absolute atomic E-state index is 13.7. The predicted molar refractivity (Wildman–Crippen MR) is 235 cm³/mol. The van der Waals surface area contributed by atoms with Gasteiger partial charge in [0.25, 0.3) is 0 Å². The molecule has 14 heteroatoms. The molecule has 0 aliphatic rings. The zero-order valence-corrected chi connectivity index (χ0v) is 36.2. The van der Waals surface area contributed by atoms with Gasteiger partial charge in [0.1, 0.15) is 11.6 Å². The Morgan fingerprint density at radius 3 is 1.67 bits per heavy atom. The van der Waals surface area contributed by atoms with Crippen LogP contribution in [-0.4, -0.2) is 85.7 Å². The molecule has 0 aliphatic heterocycles. The number of ether oxygens (including phenoxy) is 1. The van der Waals surface area contributed by atoms with Crippen molar-refractivity contribution in [2.45, 2.75) is 101 Å². The summed E-state index contributed by atoms with van der Waals surface area (Å²) < 4.78 is 4.99. The number of fused-ring (bicyclic) bond motifs is 2. The Morgan fingerprint density at radius 1 is 0.707 bits per heavy atom. The van der Waals surface area contributed by atoms with E-state index >= 15 is 0 Å². The smallest absolute Gasteiger partial charge is 0.242 e. The van der Waals surface area contributed by atoms with Crippen molar-refractivity contribution in [1.29, 1.82) is 0 Å². The van der Waals surface area contributed by atoms with E-state index in [-0.39, 0.29) is 42.8 Å². The predicted octanol–water partition coefficient (Wildman–Crippen LogP) is 7.64. The number of aromatic nitrogens is 5. The Hall–Kier alpha value is -5.92. The van der Waals surface area contributed by atoms with E-state index in [0.29, 0.717) is 59.0 Å². The van der Waals surface area contributed by atoms with Crippen LogP contribution in [0.5, 0.6) is 0 Å². The lowest BCUT2D eigenvalue weighted by Crippen LogP contribution is -2.39. The molecule has 3 aromatic heterocycles. The van der Waals surface area contributed by atoms with Crippen LogP contribution in [0.3, 0.4) is 0 Å². The summed E-state index contributed by atoms with van der Waals surface area (Å²) in [6.45, 7) is 23.2. The normalized spacial score (nSPS) is 10.2. The first-order valence-corrected chi connectivity index (χ1v) is 20.4. The topological polar surface area (TPSA) is 181 Å². The first-order valence-electron chi connectivity index (χ1n) is 20.4. The minimum Gasteiger partial charge on any atom is -0.483 e. The second-order valence-corrected chi connectivity index (χ2v) is 13.4. The molecule has 0 saturated carbocycles. The van der Waals surface area contributed by atoms with Crippen molar-refractivity contribution in [2.24, 2.45) is 0 Å². The van der Waals surface area contributed by atoms with E-state index in [1.54, 1.807) is 28.3 Å². The molecule has 5 N–H and O–H groups in total. The summed E-state index contributed by atoms with van der Waals surface area (Å²) in [5, 5.41) is 6.49. The van der Waals surface area contributed by atoms with E-state index in [1.807, 2.05) is 58.0 Å². The van der Waals surface area contributed by atoms with E-state index in [0.717, 1.165) is 35.4 Å². The Bertz CT molecular complexity index is 2120. The number of hydrogen-bond acceptors (Lipinski definition) is 8. The SMILES string of the molecule is C=C(NCC(=O)N(CCC)Cc1ncc(-c2ccc3[nH]c4cc(-c5cnc(CN(CCC)C(=O)CNC(C)=O)[nH]5)ccc4c(=O)c3c2)[nH]1)OC.CC.CCC.CCC. The van der Waals surface area contributed by atoms with Crippen molar-refractivity contribution < 1.29 is 19.1 Å². The lowest BCUT2D eigenvalue weighted by molar-refractivity contribution is -0.133. The van der Waals surface area contributed by atoms with Crippen LogP contribution >= 0.6 is 0 Å². The van der Waals surface area contributed by atoms with Crippen LogP contribution in [0.15, 0.2) is 66.0 Å². The molecule has 316 valence electrons. The van der Waals surface area contributed by atoms with Gasteiger partial charge in [0.2, 0.25) is 17.7 Å². The lowest BCUT2D eigenvalue weighted by Gasteiger charge is -2.21. The number of nitrogens with zero attached hydrogens (tertiary/aromatic N) is 4. The van der Waals surface area contributed by atoms with Crippen molar-refractivity contribution in [3.63, 3.8) is 0 Å². The van der Waals surface area contributed by atoms with E-state index in [9.17, 15) is 19.2 Å². The average molecular weight is 800 g/mol. The lowest BCUT2D eigenvalue weighted by atomic mass is 10.0. The molecule has 3 amide bonds. The zero-order chi connectivity index (χ0) is 43.2. The molecule has 0 saturated heterocycles. The minimum atomic E-state index is -0.259. The number of carbonyl (C=O) groups excluding carboxylic acids is 3. The summed E-state index contributed by atoms with van der Waals surface area (Å²) in [4.78, 5) is 72.8. The Kier molecular flexibility index (Phi) is 21.1. The van der Waals surface area contributed by atoms with Gasteiger partial charge in [-0.25, -0.2) is 9.97 Å². The molecule has 0 spiro atoms. The molecule has 14 nitrogen and oxygen atoms in total. The fourth-order valence-corrected chi connectivity index (χ4v) is 5.65. The van der Waals surface area contributed by atoms with Gasteiger partial charge in [0.05, 0.1) is 62.6 Å². The van der Waals surface area contributed by atoms with Crippen LogP contribution in [-0.2, 0) is 32.2 Å². The fourth-order valence-electron chi connectivity index (χ4n) is 5.65. The highest BCUT2D eigenvalue weighted by Crippen LogP contribution is 2.26. The fraction of sp³-hybridized carbons (Fsp3) is 0.455. The third-order valence-electron chi connectivity index (χ3n) is 8.22. The monoisotopic (exact) mass is 800 g/mol. The maximum Gasteiger partial charge on any atom is 0.242 e. The van der Waals surface area contributed by atoms with Crippen molar-refractivity contribution in [3.8, 4) is 22.5 Å². The molecule has 5 aromatic rings. The largest absolute Gasteiger partial charge is 0.483 e. The molecule has 0 bridgehead atoms. The molecule has 58 heavy (non-hydrogen) atoms. The van der Waals surface area contributed by atoms with Crippen LogP contribution in [0.4, 0.5) is 0 Å². The van der Waals surface area contributed by atoms with Gasteiger partial charge in [-0.1, -0.05) is 80.4 Å². The number of carbonyl (C=O) groups is 3. The van der Waals surface area contributed by atoms with Crippen LogP contribution in [0, 0.1) is 0 Å². The van der Waals surface area contributed by atoms with E-state index in [1.165, 1.54) is 26.9 Å². The van der Waals surface area contributed by atoms with Crippen molar-refractivity contribution >= 4 is 39.5 Å². The van der Waals surface area contributed by atoms with Crippen molar-refractivity contribution in [1.82, 2.24) is 45.4 Å². The molecule has 0 aliphatic carbocycles. The standard InChI is InChI=1S/C36H43N9O5.2C3H8.C2H6/c1-6-12-44(34(47)18-37-22(3)46)20-33-40-17-31(43-33)25-8-10-26-29(15-25)41-28-11-9-24(14-27(28)36(26)49)30-16-39-32(42-30)21-45(13-7-2)35(48)19-38-23(4)50-5;2*1-3-2;1-2/h8-11,14-17,38H,4,6-7,12-13,18-21H2,1-3,5H3,(H,37,46)(H,39,42)(H,40,43)(H,41,49);2*3H2,1-2H3;1-2H3. The second kappa shape index (κ2) is 25.4. The number of nitrogens with one attached hydrogen (secondary N) is 5. The number of pyridine rings is 1. The summed E-state index contributed by atoms with van der Waals surface area (Å²) in [6, 6.07) is 11.2. The summed E-state index contributed by atoms with van der Waals surface area (Å²) in [5.41, 5.74) is 4.35. The molecular formula is C44H65N9O5. The highest BCUT2D eigenvalue weighted by atomic mass is 16.5. The number of aromatic amines is 3. The van der Waals surface area contributed by atoms with Gasteiger partial charge in [0, 0.05) is 47.4 Å². The van der Waals surface area contributed by atoms with Gasteiger partial charge in [-0.05, 0) is 43.7 Å². The van der Waals surface area contributed by atoms with Gasteiger partial charge < -0.3 is 40.1 Å². The van der Waals surface area contributed by atoms with Gasteiger partial charge in [0.15, 0.2) is 11.3 Å². The van der Waals surface area contributed by atoms with E-state index in [2.05, 4.69) is 69.8 Å². The Labute approximate surface area is 343 Å². The maximum atomic E-state index is 13.7. The van der Waals surface area contributed by atoms with Crippen molar-refractivity contribution in [3.05, 3.63) is 83.1 Å².